The molecule has 232 valence electrons. The molecule has 0 radical (unpaired) electrons. The number of aryl methyl sites for hydroxylation is 3. The van der Waals surface area contributed by atoms with E-state index in [1.165, 1.54) is 134 Å². The van der Waals surface area contributed by atoms with Crippen LogP contribution in [0, 0.1) is 0 Å². The molecule has 41 heavy (non-hydrogen) atoms. The predicted molar refractivity (Wildman–Crippen MR) is 175 cm³/mol. The van der Waals surface area contributed by atoms with Crippen molar-refractivity contribution in [3.8, 4) is 0 Å². The summed E-state index contributed by atoms with van der Waals surface area (Å²) in [5, 5.41) is 0.889. The molecule has 0 atom stereocenters. The quantitative estimate of drug-likeness (QED) is 0.0592. The molecular formula is C33H57Cl2N5S+2. The molecule has 2 aromatic heterocycles. The average Bonchev–Trinajstić information content (AvgIpc) is 2.95. The summed E-state index contributed by atoms with van der Waals surface area (Å²) in [6.45, 7) is 6.75. The first kappa shape index (κ1) is 36.2. The van der Waals surface area contributed by atoms with E-state index in [4.69, 9.17) is 23.2 Å². The van der Waals surface area contributed by atoms with Crippen LogP contribution in [0.25, 0.3) is 0 Å². The van der Waals surface area contributed by atoms with Crippen molar-refractivity contribution in [1.82, 2.24) is 15.0 Å². The summed E-state index contributed by atoms with van der Waals surface area (Å²) in [5.41, 5.74) is 1.37. The van der Waals surface area contributed by atoms with Crippen LogP contribution in [0.5, 0.6) is 0 Å². The lowest BCUT2D eigenvalue weighted by Crippen LogP contribution is -2.46. The minimum absolute atomic E-state index is 0.151. The fraction of sp³-hybridized carbons (Fsp3) is 0.788. The van der Waals surface area contributed by atoms with E-state index in [2.05, 4.69) is 56.5 Å². The molecule has 0 fully saturated rings. The number of halogens is 2. The van der Waals surface area contributed by atoms with Crippen LogP contribution in [0.3, 0.4) is 0 Å². The maximum atomic E-state index is 5.97. The second-order valence-electron chi connectivity index (χ2n) is 11.5. The molecule has 2 aromatic rings. The van der Waals surface area contributed by atoms with Gasteiger partial charge in [-0.25, -0.2) is 0 Å². The summed E-state index contributed by atoms with van der Waals surface area (Å²) in [7, 11) is 0. The second-order valence-corrected chi connectivity index (χ2v) is 13.2. The fourth-order valence-electron chi connectivity index (χ4n) is 5.31. The van der Waals surface area contributed by atoms with E-state index in [0.29, 0.717) is 5.16 Å². The van der Waals surface area contributed by atoms with Gasteiger partial charge in [-0.15, -0.1) is 0 Å². The largest absolute Gasteiger partial charge is 0.246 e. The molecule has 0 aliphatic carbocycles. The molecule has 0 bridgehead atoms. The molecule has 2 rings (SSSR count). The Morgan fingerprint density at radius 1 is 0.585 bits per heavy atom. The molecule has 8 heteroatoms. The van der Waals surface area contributed by atoms with E-state index in [0.717, 1.165) is 25.3 Å². The number of hydrogen-bond donors (Lipinski definition) is 0. The third-order valence-corrected chi connectivity index (χ3v) is 8.98. The van der Waals surface area contributed by atoms with Crippen molar-refractivity contribution in [2.45, 2.75) is 167 Å². The highest BCUT2D eigenvalue weighted by molar-refractivity contribution is 7.99. The summed E-state index contributed by atoms with van der Waals surface area (Å²) in [6, 6.07) is 0. The molecule has 0 aliphatic rings. The van der Waals surface area contributed by atoms with Gasteiger partial charge in [-0.1, -0.05) is 128 Å². The summed E-state index contributed by atoms with van der Waals surface area (Å²) >= 11 is 13.5. The van der Waals surface area contributed by atoms with Crippen molar-refractivity contribution in [3.05, 3.63) is 34.9 Å². The zero-order chi connectivity index (χ0) is 29.4. The molecule has 0 aliphatic heterocycles. The van der Waals surface area contributed by atoms with Crippen LogP contribution >= 0.6 is 35.0 Å². The highest BCUT2D eigenvalue weighted by atomic mass is 35.5. The summed E-state index contributed by atoms with van der Waals surface area (Å²) < 4.78 is 4.84. The van der Waals surface area contributed by atoms with Crippen LogP contribution in [0.2, 0.25) is 10.6 Å². The second kappa shape index (κ2) is 24.5. The molecule has 0 aromatic carbocycles. The Morgan fingerprint density at radius 2 is 1.05 bits per heavy atom. The number of hydrogen-bond acceptors (Lipinski definition) is 4. The van der Waals surface area contributed by atoms with Crippen molar-refractivity contribution >= 4 is 35.0 Å². The Hall–Kier alpha value is -0.980. The van der Waals surface area contributed by atoms with Crippen LogP contribution in [-0.2, 0) is 19.5 Å². The highest BCUT2D eigenvalue weighted by Crippen LogP contribution is 2.18. The zero-order valence-corrected chi connectivity index (χ0v) is 28.4. The minimum atomic E-state index is 0.151. The van der Waals surface area contributed by atoms with Crippen LogP contribution in [0.15, 0.2) is 23.7 Å². The molecule has 0 saturated carbocycles. The Balaban J connectivity index is 1.78. The maximum Gasteiger partial charge on any atom is 0.246 e. The van der Waals surface area contributed by atoms with Gasteiger partial charge in [0.1, 0.15) is 13.1 Å². The maximum absolute atomic E-state index is 5.97. The Bertz CT molecular complexity index is 910. The van der Waals surface area contributed by atoms with Crippen molar-refractivity contribution in [3.63, 3.8) is 0 Å². The third kappa shape index (κ3) is 18.3. The Kier molecular flexibility index (Phi) is 21.6. The van der Waals surface area contributed by atoms with Gasteiger partial charge in [0.05, 0.1) is 0 Å². The Labute approximate surface area is 265 Å². The number of thioether (sulfide) groups is 1. The molecule has 5 nitrogen and oxygen atoms in total. The van der Waals surface area contributed by atoms with Crippen molar-refractivity contribution in [1.29, 1.82) is 0 Å². The summed E-state index contributed by atoms with van der Waals surface area (Å²) in [6.07, 6.45) is 35.2. The van der Waals surface area contributed by atoms with Gasteiger partial charge in [-0.2, -0.15) is 24.1 Å². The molecule has 2 heterocycles. The van der Waals surface area contributed by atoms with E-state index >= 15 is 0 Å². The summed E-state index contributed by atoms with van der Waals surface area (Å²) in [5.74, 6) is 0.872. The van der Waals surface area contributed by atoms with E-state index in [1.807, 2.05) is 0 Å². The van der Waals surface area contributed by atoms with Crippen LogP contribution < -0.4 is 9.13 Å². The van der Waals surface area contributed by atoms with E-state index in [1.54, 1.807) is 11.8 Å². The lowest BCUT2D eigenvalue weighted by atomic mass is 10.1. The molecule has 0 saturated heterocycles. The van der Waals surface area contributed by atoms with Crippen molar-refractivity contribution in [2.24, 2.45) is 0 Å². The standard InChI is InChI=1S/C33H57Cl2N5S/c1-3-5-7-9-11-13-15-17-19-21-24-39-26-27-40(25-22-20-18-16-14-12-10-8-6-4-2)30(29-39)23-28-41-33-37-31(34)36-32(35)38-33/h26-27,29H,3-25,28H2,1-2H3/q+2. The van der Waals surface area contributed by atoms with Gasteiger partial charge in [0, 0.05) is 25.0 Å². The van der Waals surface area contributed by atoms with E-state index in [-0.39, 0.29) is 10.6 Å². The lowest BCUT2D eigenvalue weighted by molar-refractivity contribution is -0.755. The first-order valence-corrected chi connectivity index (χ1v) is 18.5. The van der Waals surface area contributed by atoms with E-state index in [9.17, 15) is 0 Å². The van der Waals surface area contributed by atoms with Crippen molar-refractivity contribution in [2.75, 3.05) is 5.75 Å². The molecule has 0 spiro atoms. The van der Waals surface area contributed by atoms with Gasteiger partial charge in [-0.05, 0) is 36.0 Å². The molecular weight excluding hydrogens is 569 g/mol. The van der Waals surface area contributed by atoms with Gasteiger partial charge in [0.2, 0.25) is 34.9 Å². The van der Waals surface area contributed by atoms with Crippen LogP contribution in [0.1, 0.15) is 148 Å². The van der Waals surface area contributed by atoms with Gasteiger partial charge < -0.3 is 0 Å². The number of rotatable bonds is 26. The lowest BCUT2D eigenvalue weighted by Gasteiger charge is -2.05. The topological polar surface area (TPSA) is 46.4 Å². The van der Waals surface area contributed by atoms with Gasteiger partial charge in [-0.3, -0.25) is 0 Å². The third-order valence-electron chi connectivity index (χ3n) is 7.79. The molecule has 0 amide bonds. The van der Waals surface area contributed by atoms with Gasteiger partial charge >= 0.3 is 0 Å². The van der Waals surface area contributed by atoms with Gasteiger partial charge in [0.25, 0.3) is 0 Å². The molecule has 0 N–H and O–H groups in total. The van der Waals surface area contributed by atoms with Crippen molar-refractivity contribution < 1.29 is 9.13 Å². The smallest absolute Gasteiger partial charge is 0.194 e. The SMILES string of the molecule is CCCCCCCCCCCC[n+]1cc[n+](CCCCCCCCCCCC)c(CCSc2nc(Cl)nc(Cl)n2)c1. The van der Waals surface area contributed by atoms with E-state index < -0.39 is 0 Å². The Morgan fingerprint density at radius 3 is 1.56 bits per heavy atom. The number of aromatic nitrogens is 5. The summed E-state index contributed by atoms with van der Waals surface area (Å²) in [4.78, 5) is 12.3. The highest BCUT2D eigenvalue weighted by Gasteiger charge is 2.17. The minimum Gasteiger partial charge on any atom is -0.194 e. The fourth-order valence-corrected chi connectivity index (χ4v) is 6.57. The number of nitrogens with zero attached hydrogens (tertiary/aromatic N) is 5. The normalized spacial score (nSPS) is 11.4. The monoisotopic (exact) mass is 625 g/mol. The first-order valence-electron chi connectivity index (χ1n) is 16.7. The number of unbranched alkanes of at least 4 members (excludes halogenated alkanes) is 18. The zero-order valence-electron chi connectivity index (χ0n) is 26.1. The average molecular weight is 627 g/mol. The predicted octanol–water partition coefficient (Wildman–Crippen LogP) is 9.93. The molecule has 0 unspecified atom stereocenters. The van der Waals surface area contributed by atoms with Gasteiger partial charge in [0.15, 0.2) is 5.16 Å². The van der Waals surface area contributed by atoms with Crippen LogP contribution in [0.4, 0.5) is 0 Å². The van der Waals surface area contributed by atoms with Crippen LogP contribution in [-0.4, -0.2) is 20.7 Å². The first-order chi connectivity index (χ1) is 20.1.